The minimum Gasteiger partial charge on any atom is -0.393 e. The summed E-state index contributed by atoms with van der Waals surface area (Å²) in [4.78, 5) is 0. The number of fused-ring (bicyclic) bond motifs is 7. The van der Waals surface area contributed by atoms with Crippen molar-refractivity contribution in [1.82, 2.24) is 0 Å². The molecule has 4 saturated carbocycles. The van der Waals surface area contributed by atoms with Gasteiger partial charge in [-0.25, -0.2) is 0 Å². The summed E-state index contributed by atoms with van der Waals surface area (Å²) in [5.74, 6) is 2.20. The molecule has 8 unspecified atom stereocenters. The van der Waals surface area contributed by atoms with E-state index in [1.54, 1.807) is 0 Å². The number of hydrogen-bond donors (Lipinski definition) is 1. The van der Waals surface area contributed by atoms with Crippen molar-refractivity contribution < 1.29 is 5.11 Å². The topological polar surface area (TPSA) is 20.2 Å². The maximum absolute atomic E-state index is 10.8. The Hall–Kier alpha value is -0.300. The first-order chi connectivity index (χ1) is 14.2. The third-order valence-electron chi connectivity index (χ3n) is 13.0. The van der Waals surface area contributed by atoms with E-state index in [4.69, 9.17) is 0 Å². The second-order valence-electron chi connectivity index (χ2n) is 15.2. The Kier molecular flexibility index (Phi) is 4.66. The maximum atomic E-state index is 10.8. The van der Waals surface area contributed by atoms with E-state index in [2.05, 4.69) is 61.5 Å². The highest BCUT2D eigenvalue weighted by Crippen LogP contribution is 2.75. The molecule has 5 rings (SSSR count). The van der Waals surface area contributed by atoms with Crippen molar-refractivity contribution in [3.8, 4) is 0 Å². The molecule has 0 aromatic carbocycles. The van der Waals surface area contributed by atoms with Gasteiger partial charge in [0, 0.05) is 0 Å². The zero-order chi connectivity index (χ0) is 22.7. The van der Waals surface area contributed by atoms with Gasteiger partial charge in [-0.3, -0.25) is 0 Å². The third kappa shape index (κ3) is 2.77. The molecule has 0 aromatic rings. The monoisotopic (exact) mass is 426 g/mol. The lowest BCUT2D eigenvalue weighted by molar-refractivity contribution is -0.180. The lowest BCUT2D eigenvalue weighted by atomic mass is 9.34. The van der Waals surface area contributed by atoms with Gasteiger partial charge in [0.1, 0.15) is 0 Å². The van der Waals surface area contributed by atoms with E-state index in [-0.39, 0.29) is 11.5 Å². The third-order valence-corrected chi connectivity index (χ3v) is 13.0. The predicted octanol–water partition coefficient (Wildman–Crippen LogP) is 8.17. The van der Waals surface area contributed by atoms with Gasteiger partial charge in [-0.1, -0.05) is 67.0 Å². The second-order valence-corrected chi connectivity index (χ2v) is 15.2. The van der Waals surface area contributed by atoms with Crippen LogP contribution in [0.3, 0.4) is 0 Å². The molecule has 0 aliphatic heterocycles. The summed E-state index contributed by atoms with van der Waals surface area (Å²) >= 11 is 0. The van der Waals surface area contributed by atoms with Gasteiger partial charge in [-0.15, -0.1) is 0 Å². The van der Waals surface area contributed by atoms with E-state index >= 15 is 0 Å². The molecule has 5 aliphatic rings. The van der Waals surface area contributed by atoms with Crippen LogP contribution >= 0.6 is 0 Å². The quantitative estimate of drug-likeness (QED) is 0.387. The standard InChI is InChI=1S/C30H50O/c1-25(2)15-16-27(5)17-18-29(7)21-9-11-22-26(3,4)24(31)13-14-28(22,6)20(21)10-12-23(29)30(27,8)19-25/h9,20,22-24,31H,10-19H2,1-8H3. The average Bonchev–Trinajstić information content (AvgIpc) is 2.67. The zero-order valence-corrected chi connectivity index (χ0v) is 21.9. The van der Waals surface area contributed by atoms with Crippen LogP contribution in [0.25, 0.3) is 0 Å². The summed E-state index contributed by atoms with van der Waals surface area (Å²) in [6, 6.07) is 0. The van der Waals surface area contributed by atoms with Crippen LogP contribution in [0.2, 0.25) is 0 Å². The van der Waals surface area contributed by atoms with Crippen LogP contribution in [0.15, 0.2) is 11.6 Å². The second kappa shape index (κ2) is 6.43. The van der Waals surface area contributed by atoms with Crippen LogP contribution in [0.1, 0.15) is 120 Å². The first kappa shape index (κ1) is 22.5. The Bertz CT molecular complexity index is 790. The van der Waals surface area contributed by atoms with E-state index in [0.29, 0.717) is 33.0 Å². The summed E-state index contributed by atoms with van der Waals surface area (Å²) < 4.78 is 0. The van der Waals surface area contributed by atoms with Crippen molar-refractivity contribution in [3.63, 3.8) is 0 Å². The molecule has 176 valence electrons. The summed E-state index contributed by atoms with van der Waals surface area (Å²) in [5.41, 5.74) is 4.14. The minimum absolute atomic E-state index is 0.0390. The van der Waals surface area contributed by atoms with Gasteiger partial charge in [0.2, 0.25) is 0 Å². The molecule has 1 heteroatoms. The molecule has 0 amide bonds. The number of aliphatic hydroxyl groups is 1. The molecule has 5 aliphatic carbocycles. The Morgan fingerprint density at radius 1 is 0.774 bits per heavy atom. The largest absolute Gasteiger partial charge is 0.393 e. The molecule has 0 heterocycles. The lowest BCUT2D eigenvalue weighted by Crippen LogP contribution is -2.62. The minimum atomic E-state index is -0.133. The predicted molar refractivity (Wildman–Crippen MR) is 131 cm³/mol. The summed E-state index contributed by atoms with van der Waals surface area (Å²) in [7, 11) is 0. The Morgan fingerprint density at radius 2 is 1.45 bits per heavy atom. The van der Waals surface area contributed by atoms with E-state index in [1.807, 2.05) is 5.57 Å². The molecule has 31 heavy (non-hydrogen) atoms. The van der Waals surface area contributed by atoms with Gasteiger partial charge in [0.05, 0.1) is 6.10 Å². The maximum Gasteiger partial charge on any atom is 0.0594 e. The van der Waals surface area contributed by atoms with E-state index in [1.165, 1.54) is 57.8 Å². The van der Waals surface area contributed by atoms with E-state index in [0.717, 1.165) is 18.3 Å². The normalized spacial score (nSPS) is 55.2. The fourth-order valence-corrected chi connectivity index (χ4v) is 10.8. The molecule has 1 N–H and O–H groups in total. The molecule has 0 bridgehead atoms. The highest BCUT2D eigenvalue weighted by Gasteiger charge is 2.66. The van der Waals surface area contributed by atoms with Gasteiger partial charge in [-0.05, 0) is 114 Å². The van der Waals surface area contributed by atoms with E-state index < -0.39 is 0 Å². The Morgan fingerprint density at radius 3 is 2.16 bits per heavy atom. The number of rotatable bonds is 0. The fourth-order valence-electron chi connectivity index (χ4n) is 10.8. The molecule has 4 fully saturated rings. The molecule has 1 nitrogen and oxygen atoms in total. The lowest BCUT2D eigenvalue weighted by Gasteiger charge is -2.70. The number of allylic oxidation sites excluding steroid dienone is 2. The van der Waals surface area contributed by atoms with Crippen molar-refractivity contribution in [2.75, 3.05) is 0 Å². The molecular formula is C30H50O. The average molecular weight is 427 g/mol. The van der Waals surface area contributed by atoms with Crippen molar-refractivity contribution in [2.24, 2.45) is 50.2 Å². The highest BCUT2D eigenvalue weighted by atomic mass is 16.3. The van der Waals surface area contributed by atoms with Crippen LogP contribution < -0.4 is 0 Å². The molecule has 8 atom stereocenters. The Balaban J connectivity index is 1.56. The SMILES string of the molecule is CC1(C)CCC2(C)CCC3(C)C4=CCC5C(C)(C)C(O)CCC5(C)C4CCC3C2(C)C1. The molecular weight excluding hydrogens is 376 g/mol. The first-order valence-electron chi connectivity index (χ1n) is 13.6. The number of aliphatic hydroxyl groups excluding tert-OH is 1. The molecule has 0 saturated heterocycles. The number of hydrogen-bond acceptors (Lipinski definition) is 1. The molecule has 0 radical (unpaired) electrons. The van der Waals surface area contributed by atoms with Crippen LogP contribution in [0.5, 0.6) is 0 Å². The Labute approximate surface area is 192 Å². The van der Waals surface area contributed by atoms with Gasteiger partial charge in [-0.2, -0.15) is 0 Å². The van der Waals surface area contributed by atoms with Crippen molar-refractivity contribution >= 4 is 0 Å². The van der Waals surface area contributed by atoms with Crippen molar-refractivity contribution in [1.29, 1.82) is 0 Å². The van der Waals surface area contributed by atoms with Gasteiger partial charge in [0.25, 0.3) is 0 Å². The van der Waals surface area contributed by atoms with Crippen LogP contribution in [-0.2, 0) is 0 Å². The first-order valence-corrected chi connectivity index (χ1v) is 13.6. The zero-order valence-electron chi connectivity index (χ0n) is 21.9. The van der Waals surface area contributed by atoms with Crippen molar-refractivity contribution in [2.45, 2.75) is 126 Å². The fraction of sp³-hybridized carbons (Fsp3) is 0.933. The van der Waals surface area contributed by atoms with E-state index in [9.17, 15) is 5.11 Å². The molecule has 0 aromatic heterocycles. The smallest absolute Gasteiger partial charge is 0.0594 e. The highest BCUT2D eigenvalue weighted by molar-refractivity contribution is 5.32. The van der Waals surface area contributed by atoms with Crippen molar-refractivity contribution in [3.05, 3.63) is 11.6 Å². The van der Waals surface area contributed by atoms with Crippen LogP contribution in [0, 0.1) is 50.2 Å². The van der Waals surface area contributed by atoms with Gasteiger partial charge < -0.3 is 5.11 Å². The van der Waals surface area contributed by atoms with Gasteiger partial charge >= 0.3 is 0 Å². The summed E-state index contributed by atoms with van der Waals surface area (Å²) in [6.45, 7) is 20.5. The van der Waals surface area contributed by atoms with Crippen LogP contribution in [0.4, 0.5) is 0 Å². The van der Waals surface area contributed by atoms with Gasteiger partial charge in [0.15, 0.2) is 0 Å². The van der Waals surface area contributed by atoms with Crippen LogP contribution in [-0.4, -0.2) is 11.2 Å². The molecule has 0 spiro atoms. The summed E-state index contributed by atoms with van der Waals surface area (Å²) in [6.07, 6.45) is 15.9. The summed E-state index contributed by atoms with van der Waals surface area (Å²) in [5, 5.41) is 10.8.